The number of rotatable bonds is 8. The number of fused-ring (bicyclic) bond motifs is 1. The van der Waals surface area contributed by atoms with E-state index in [0.29, 0.717) is 12.3 Å². The van der Waals surface area contributed by atoms with Crippen LogP contribution in [0.15, 0.2) is 58.7 Å². The molecule has 1 saturated heterocycles. The summed E-state index contributed by atoms with van der Waals surface area (Å²) in [6, 6.07) is 10.7. The number of nitrogens with zero attached hydrogens (tertiary/aromatic N) is 3. The Morgan fingerprint density at radius 1 is 1.18 bits per heavy atom. The van der Waals surface area contributed by atoms with Gasteiger partial charge in [0.25, 0.3) is 0 Å². The Hall–Kier alpha value is -2.86. The smallest absolute Gasteiger partial charge is 0.247 e. The van der Waals surface area contributed by atoms with Crippen LogP contribution in [0.25, 0.3) is 11.3 Å². The van der Waals surface area contributed by atoms with Crippen molar-refractivity contribution in [2.75, 3.05) is 44.7 Å². The number of unbranched alkanes of at least 4 members (excludes halogenated alkanes) is 2. The lowest BCUT2D eigenvalue weighted by molar-refractivity contribution is -0.117. The molecule has 6 heteroatoms. The third kappa shape index (κ3) is 4.69. The zero-order chi connectivity index (χ0) is 23.5. The Morgan fingerprint density at radius 2 is 1.97 bits per heavy atom. The molecule has 1 aliphatic heterocycles. The number of anilines is 1. The number of nitrogens with one attached hydrogen (secondary N) is 1. The molecule has 6 nitrogen and oxygen atoms in total. The van der Waals surface area contributed by atoms with E-state index in [4.69, 9.17) is 4.52 Å². The van der Waals surface area contributed by atoms with E-state index in [2.05, 4.69) is 82.8 Å². The zero-order valence-corrected chi connectivity index (χ0v) is 20.4. The van der Waals surface area contributed by atoms with Crippen LogP contribution in [0.1, 0.15) is 44.7 Å². The number of likely N-dealkylation sites (N-methyl/N-ethyl adjacent to an activating group) is 1. The van der Waals surface area contributed by atoms with Crippen molar-refractivity contribution in [3.8, 4) is 11.3 Å². The van der Waals surface area contributed by atoms with Gasteiger partial charge in [-0.15, -0.1) is 0 Å². The first-order valence-corrected chi connectivity index (χ1v) is 12.8. The Balaban J connectivity index is 1.30. The number of piperazine rings is 1. The molecule has 2 fully saturated rings. The average Bonchev–Trinajstić information content (AvgIpc) is 3.37. The molecule has 2 aromatic rings. The number of hydrogen-bond acceptors (Lipinski definition) is 5. The fraction of sp³-hybridized carbons (Fsp3) is 0.500. The first-order valence-electron chi connectivity index (χ1n) is 12.8. The number of aromatic nitrogens is 1. The van der Waals surface area contributed by atoms with E-state index in [1.807, 2.05) is 0 Å². The van der Waals surface area contributed by atoms with Crippen molar-refractivity contribution in [3.63, 3.8) is 0 Å². The SMILES string of the molecule is CCCCCNC(=O)C1=CC2(c3cc(-c4ccc(N5CCN(C)CC5)cc4)on3)CC2C=CC1. The first kappa shape index (κ1) is 22.9. The van der Waals surface area contributed by atoms with Crippen molar-refractivity contribution >= 4 is 11.6 Å². The predicted octanol–water partition coefficient (Wildman–Crippen LogP) is 4.54. The number of carbonyl (C=O) groups excluding carboxylic acids is 1. The van der Waals surface area contributed by atoms with Gasteiger partial charge >= 0.3 is 0 Å². The second-order valence-electron chi connectivity index (χ2n) is 10.0. The summed E-state index contributed by atoms with van der Waals surface area (Å²) in [6.07, 6.45) is 11.5. The Bertz CT molecular complexity index is 1060. The summed E-state index contributed by atoms with van der Waals surface area (Å²) in [6.45, 7) is 7.21. The molecule has 2 atom stereocenters. The van der Waals surface area contributed by atoms with Crippen LogP contribution in [0, 0.1) is 5.92 Å². The Morgan fingerprint density at radius 3 is 2.74 bits per heavy atom. The third-order valence-corrected chi connectivity index (χ3v) is 7.56. The van der Waals surface area contributed by atoms with E-state index in [1.54, 1.807) is 0 Å². The van der Waals surface area contributed by atoms with Gasteiger partial charge in [0.15, 0.2) is 5.76 Å². The molecule has 2 aliphatic carbocycles. The Labute approximate surface area is 202 Å². The summed E-state index contributed by atoms with van der Waals surface area (Å²) in [5, 5.41) is 7.57. The van der Waals surface area contributed by atoms with Crippen LogP contribution in [-0.2, 0) is 10.2 Å². The molecule has 1 amide bonds. The van der Waals surface area contributed by atoms with E-state index in [0.717, 1.165) is 81.0 Å². The number of hydrogen-bond donors (Lipinski definition) is 1. The summed E-state index contributed by atoms with van der Waals surface area (Å²) in [5.74, 6) is 1.22. The molecular formula is C28H36N4O2. The minimum Gasteiger partial charge on any atom is -0.369 e. The zero-order valence-electron chi connectivity index (χ0n) is 20.4. The highest BCUT2D eigenvalue weighted by atomic mass is 16.5. The topological polar surface area (TPSA) is 61.6 Å². The monoisotopic (exact) mass is 460 g/mol. The maximum absolute atomic E-state index is 12.8. The van der Waals surface area contributed by atoms with E-state index in [1.165, 1.54) is 5.69 Å². The lowest BCUT2D eigenvalue weighted by Gasteiger charge is -2.34. The number of carbonyl (C=O) groups is 1. The van der Waals surface area contributed by atoms with Gasteiger partial charge in [-0.05, 0) is 56.5 Å². The van der Waals surface area contributed by atoms with Gasteiger partial charge in [-0.2, -0.15) is 0 Å². The fourth-order valence-corrected chi connectivity index (χ4v) is 5.19. The van der Waals surface area contributed by atoms with Gasteiger partial charge in [0.05, 0.1) is 5.69 Å². The molecule has 1 aromatic carbocycles. The molecule has 0 bridgehead atoms. The molecule has 3 aliphatic rings. The van der Waals surface area contributed by atoms with Gasteiger partial charge in [0.2, 0.25) is 5.91 Å². The molecule has 2 heterocycles. The highest BCUT2D eigenvalue weighted by molar-refractivity contribution is 5.94. The van der Waals surface area contributed by atoms with Crippen LogP contribution in [0.4, 0.5) is 5.69 Å². The van der Waals surface area contributed by atoms with Crippen molar-refractivity contribution in [3.05, 3.63) is 59.8 Å². The maximum Gasteiger partial charge on any atom is 0.247 e. The molecule has 1 saturated carbocycles. The summed E-state index contributed by atoms with van der Waals surface area (Å²) < 4.78 is 5.80. The first-order chi connectivity index (χ1) is 16.6. The van der Waals surface area contributed by atoms with Crippen LogP contribution in [0.5, 0.6) is 0 Å². The molecule has 1 N–H and O–H groups in total. The molecule has 0 radical (unpaired) electrons. The predicted molar refractivity (Wildman–Crippen MR) is 136 cm³/mol. The molecule has 180 valence electrons. The van der Waals surface area contributed by atoms with Crippen molar-refractivity contribution in [1.82, 2.24) is 15.4 Å². The van der Waals surface area contributed by atoms with Crippen molar-refractivity contribution in [1.29, 1.82) is 0 Å². The fourth-order valence-electron chi connectivity index (χ4n) is 5.19. The molecule has 2 unspecified atom stereocenters. The number of benzene rings is 1. The maximum atomic E-state index is 12.8. The van der Waals surface area contributed by atoms with E-state index >= 15 is 0 Å². The van der Waals surface area contributed by atoms with Gasteiger partial charge in [-0.1, -0.05) is 43.2 Å². The van der Waals surface area contributed by atoms with Crippen molar-refractivity contribution < 1.29 is 9.32 Å². The van der Waals surface area contributed by atoms with Crippen LogP contribution >= 0.6 is 0 Å². The van der Waals surface area contributed by atoms with E-state index < -0.39 is 0 Å². The molecular weight excluding hydrogens is 424 g/mol. The normalized spacial score (nSPS) is 24.4. The van der Waals surface area contributed by atoms with Gasteiger partial charge < -0.3 is 19.6 Å². The second kappa shape index (κ2) is 9.79. The highest BCUT2D eigenvalue weighted by Crippen LogP contribution is 2.58. The molecule has 1 aromatic heterocycles. The van der Waals surface area contributed by atoms with Crippen LogP contribution in [0.2, 0.25) is 0 Å². The third-order valence-electron chi connectivity index (χ3n) is 7.56. The van der Waals surface area contributed by atoms with Crippen LogP contribution in [-0.4, -0.2) is 55.7 Å². The highest BCUT2D eigenvalue weighted by Gasteiger charge is 2.55. The lowest BCUT2D eigenvalue weighted by Crippen LogP contribution is -2.44. The van der Waals surface area contributed by atoms with Gasteiger partial charge in [-0.25, -0.2) is 0 Å². The van der Waals surface area contributed by atoms with Gasteiger partial charge in [0, 0.05) is 61.0 Å². The summed E-state index contributed by atoms with van der Waals surface area (Å²) in [7, 11) is 2.17. The van der Waals surface area contributed by atoms with Crippen molar-refractivity contribution in [2.45, 2.75) is 44.4 Å². The largest absolute Gasteiger partial charge is 0.369 e. The summed E-state index contributed by atoms with van der Waals surface area (Å²) in [4.78, 5) is 17.6. The minimum absolute atomic E-state index is 0.0518. The van der Waals surface area contributed by atoms with E-state index in [-0.39, 0.29) is 11.3 Å². The van der Waals surface area contributed by atoms with Gasteiger partial charge in [-0.3, -0.25) is 4.79 Å². The van der Waals surface area contributed by atoms with Crippen LogP contribution in [0.3, 0.4) is 0 Å². The van der Waals surface area contributed by atoms with Gasteiger partial charge in [0.1, 0.15) is 0 Å². The average molecular weight is 461 g/mol. The number of allylic oxidation sites excluding steroid dienone is 3. The number of amides is 1. The molecule has 0 spiro atoms. The summed E-state index contributed by atoms with van der Waals surface area (Å²) >= 11 is 0. The standard InChI is InChI=1S/C28H36N4O2/c1-3-4-5-13-29-27(33)22-7-6-8-23-20-28(23,19-22)26-18-25(34-30-26)21-9-11-24(12-10-21)32-16-14-31(2)15-17-32/h6,8-12,18-19,23H,3-5,7,13-17,20H2,1-2H3,(H,29,33). The quantitative estimate of drug-likeness (QED) is 0.463. The molecule has 5 rings (SSSR count). The van der Waals surface area contributed by atoms with Crippen molar-refractivity contribution in [2.24, 2.45) is 5.92 Å². The lowest BCUT2D eigenvalue weighted by atomic mass is 9.95. The summed E-state index contributed by atoms with van der Waals surface area (Å²) in [5.41, 5.74) is 3.84. The second-order valence-corrected chi connectivity index (χ2v) is 10.0. The molecule has 34 heavy (non-hydrogen) atoms. The van der Waals surface area contributed by atoms with E-state index in [9.17, 15) is 4.79 Å². The minimum atomic E-state index is -0.218. The van der Waals surface area contributed by atoms with Crippen LogP contribution < -0.4 is 10.2 Å². The Kier molecular flexibility index (Phi) is 6.59.